The Morgan fingerprint density at radius 1 is 0.972 bits per heavy atom. The molecule has 0 saturated heterocycles. The third-order valence-electron chi connectivity index (χ3n) is 5.67. The van der Waals surface area contributed by atoms with Crippen LogP contribution in [0.5, 0.6) is 0 Å². The number of carbonyl (C=O) groups excluding carboxylic acids is 1. The lowest BCUT2D eigenvalue weighted by Crippen LogP contribution is -2.19. The number of nitrogens with one attached hydrogen (secondary N) is 1. The standard InChI is InChI=1S/C27H18F4N4O/c1-16-4-2-6-23(33-16)24-15-32-25-20(5-3-13-35(24)25)17-7-12-22(27(29,30)31)21(14-17)26(36)34-19-10-8-18(28)9-11-19/h2-15H,1H3,(H,34,36). The van der Waals surface area contributed by atoms with Crippen molar-refractivity contribution in [3.05, 3.63) is 108 Å². The van der Waals surface area contributed by atoms with Crippen LogP contribution >= 0.6 is 0 Å². The van der Waals surface area contributed by atoms with Crippen LogP contribution in [0.15, 0.2) is 85.2 Å². The Morgan fingerprint density at radius 2 is 1.75 bits per heavy atom. The number of nitrogens with zero attached hydrogens (tertiary/aromatic N) is 3. The fourth-order valence-corrected chi connectivity index (χ4v) is 3.99. The van der Waals surface area contributed by atoms with E-state index in [1.807, 2.05) is 25.1 Å². The van der Waals surface area contributed by atoms with Gasteiger partial charge >= 0.3 is 6.18 Å². The first-order valence-electron chi connectivity index (χ1n) is 10.9. The number of anilines is 1. The van der Waals surface area contributed by atoms with E-state index in [1.54, 1.807) is 28.9 Å². The lowest BCUT2D eigenvalue weighted by atomic mass is 9.98. The number of benzene rings is 2. The third kappa shape index (κ3) is 4.43. The second-order valence-electron chi connectivity index (χ2n) is 8.14. The molecule has 0 radical (unpaired) electrons. The molecule has 0 unspecified atom stereocenters. The number of carbonyl (C=O) groups is 1. The van der Waals surface area contributed by atoms with E-state index in [0.29, 0.717) is 22.5 Å². The van der Waals surface area contributed by atoms with Gasteiger partial charge in [0.1, 0.15) is 11.5 Å². The molecule has 9 heteroatoms. The van der Waals surface area contributed by atoms with Crippen molar-refractivity contribution in [1.82, 2.24) is 14.4 Å². The van der Waals surface area contributed by atoms with Gasteiger partial charge in [-0.2, -0.15) is 13.2 Å². The van der Waals surface area contributed by atoms with Gasteiger partial charge in [0.05, 0.1) is 28.7 Å². The van der Waals surface area contributed by atoms with Gasteiger partial charge in [0, 0.05) is 23.1 Å². The van der Waals surface area contributed by atoms with Crippen LogP contribution in [0.3, 0.4) is 0 Å². The molecule has 2 aromatic carbocycles. The number of aromatic nitrogens is 3. The summed E-state index contributed by atoms with van der Waals surface area (Å²) < 4.78 is 56.3. The highest BCUT2D eigenvalue weighted by Crippen LogP contribution is 2.36. The van der Waals surface area contributed by atoms with E-state index in [2.05, 4.69) is 15.3 Å². The second kappa shape index (κ2) is 8.92. The molecule has 3 heterocycles. The second-order valence-corrected chi connectivity index (χ2v) is 8.14. The molecule has 0 aliphatic carbocycles. The molecule has 0 bridgehead atoms. The summed E-state index contributed by atoms with van der Waals surface area (Å²) in [7, 11) is 0. The smallest absolute Gasteiger partial charge is 0.322 e. The molecule has 5 nitrogen and oxygen atoms in total. The molecular weight excluding hydrogens is 472 g/mol. The lowest BCUT2D eigenvalue weighted by molar-refractivity contribution is -0.137. The van der Waals surface area contributed by atoms with Crippen molar-refractivity contribution in [2.75, 3.05) is 5.32 Å². The van der Waals surface area contributed by atoms with Gasteiger partial charge in [-0.1, -0.05) is 12.1 Å². The zero-order valence-electron chi connectivity index (χ0n) is 18.8. The Kier molecular flexibility index (Phi) is 5.75. The Bertz CT molecular complexity index is 1590. The Balaban J connectivity index is 1.60. The summed E-state index contributed by atoms with van der Waals surface area (Å²) in [5.74, 6) is -1.49. The average molecular weight is 490 g/mol. The number of imidazole rings is 1. The summed E-state index contributed by atoms with van der Waals surface area (Å²) in [6.45, 7) is 1.87. The quantitative estimate of drug-likeness (QED) is 0.283. The molecule has 0 atom stereocenters. The van der Waals surface area contributed by atoms with Crippen molar-refractivity contribution in [3.63, 3.8) is 0 Å². The fraction of sp³-hybridized carbons (Fsp3) is 0.0741. The van der Waals surface area contributed by atoms with E-state index >= 15 is 0 Å². The summed E-state index contributed by atoms with van der Waals surface area (Å²) in [6, 6.07) is 17.2. The molecule has 5 aromatic rings. The van der Waals surface area contributed by atoms with Crippen LogP contribution in [-0.4, -0.2) is 20.3 Å². The number of rotatable bonds is 4. The number of alkyl halides is 3. The number of hydrogen-bond donors (Lipinski definition) is 1. The molecule has 5 rings (SSSR count). The van der Waals surface area contributed by atoms with Gasteiger partial charge in [-0.25, -0.2) is 9.37 Å². The van der Waals surface area contributed by atoms with Gasteiger partial charge in [-0.15, -0.1) is 0 Å². The SMILES string of the molecule is Cc1cccc(-c2cnc3c(-c4ccc(C(F)(F)F)c(C(=O)Nc5ccc(F)cc5)c4)cccn23)n1. The molecule has 1 amide bonds. The molecule has 1 N–H and O–H groups in total. The van der Waals surface area contributed by atoms with Crippen LogP contribution in [0.2, 0.25) is 0 Å². The van der Waals surface area contributed by atoms with Gasteiger partial charge < -0.3 is 5.32 Å². The molecule has 0 fully saturated rings. The van der Waals surface area contributed by atoms with E-state index in [9.17, 15) is 22.4 Å². The maximum Gasteiger partial charge on any atom is 0.417 e. The topological polar surface area (TPSA) is 59.3 Å². The van der Waals surface area contributed by atoms with Crippen molar-refractivity contribution < 1.29 is 22.4 Å². The predicted octanol–water partition coefficient (Wildman–Crippen LogP) is 6.78. The third-order valence-corrected chi connectivity index (χ3v) is 5.67. The summed E-state index contributed by atoms with van der Waals surface area (Å²) in [6.07, 6.45) is -1.32. The van der Waals surface area contributed by atoms with Crippen LogP contribution in [0, 0.1) is 12.7 Å². The first kappa shape index (κ1) is 23.2. The zero-order chi connectivity index (χ0) is 25.4. The van der Waals surface area contributed by atoms with E-state index in [1.165, 1.54) is 24.3 Å². The molecule has 3 aromatic heterocycles. The maximum atomic E-state index is 13.8. The molecular formula is C27H18F4N4O. The first-order valence-corrected chi connectivity index (χ1v) is 10.9. The highest BCUT2D eigenvalue weighted by atomic mass is 19.4. The number of amides is 1. The Hall–Kier alpha value is -4.53. The number of aryl methyl sites for hydroxylation is 1. The van der Waals surface area contributed by atoms with Crippen LogP contribution in [0.1, 0.15) is 21.6 Å². The van der Waals surface area contributed by atoms with Crippen LogP contribution in [-0.2, 0) is 6.18 Å². The van der Waals surface area contributed by atoms with E-state index < -0.39 is 29.0 Å². The van der Waals surface area contributed by atoms with Gasteiger partial charge in [0.2, 0.25) is 0 Å². The van der Waals surface area contributed by atoms with E-state index in [-0.39, 0.29) is 5.69 Å². The zero-order valence-corrected chi connectivity index (χ0v) is 18.8. The molecule has 0 saturated carbocycles. The number of hydrogen-bond acceptors (Lipinski definition) is 3. The fourth-order valence-electron chi connectivity index (χ4n) is 3.99. The number of fused-ring (bicyclic) bond motifs is 1. The van der Waals surface area contributed by atoms with Crippen molar-refractivity contribution in [2.45, 2.75) is 13.1 Å². The highest BCUT2D eigenvalue weighted by Gasteiger charge is 2.35. The van der Waals surface area contributed by atoms with Gasteiger partial charge in [0.25, 0.3) is 5.91 Å². The number of halogens is 4. The average Bonchev–Trinajstić information content (AvgIpc) is 3.29. The summed E-state index contributed by atoms with van der Waals surface area (Å²) in [4.78, 5) is 21.9. The highest BCUT2D eigenvalue weighted by molar-refractivity contribution is 6.06. The van der Waals surface area contributed by atoms with Gasteiger partial charge in [-0.3, -0.25) is 14.2 Å². The normalized spacial score (nSPS) is 11.6. The Labute approximate surface area is 203 Å². The Morgan fingerprint density at radius 3 is 2.47 bits per heavy atom. The number of pyridine rings is 2. The first-order chi connectivity index (χ1) is 17.2. The minimum absolute atomic E-state index is 0.172. The largest absolute Gasteiger partial charge is 0.417 e. The van der Waals surface area contributed by atoms with E-state index in [0.717, 1.165) is 29.6 Å². The van der Waals surface area contributed by atoms with Gasteiger partial charge in [0.15, 0.2) is 0 Å². The minimum atomic E-state index is -4.75. The van der Waals surface area contributed by atoms with E-state index in [4.69, 9.17) is 0 Å². The molecule has 0 spiro atoms. The lowest BCUT2D eigenvalue weighted by Gasteiger charge is -2.15. The molecule has 0 aliphatic heterocycles. The monoisotopic (exact) mass is 490 g/mol. The van der Waals surface area contributed by atoms with Crippen molar-refractivity contribution in [2.24, 2.45) is 0 Å². The van der Waals surface area contributed by atoms with Gasteiger partial charge in [-0.05, 0) is 73.2 Å². The van der Waals surface area contributed by atoms with Crippen LogP contribution < -0.4 is 5.32 Å². The maximum absolute atomic E-state index is 13.8. The van der Waals surface area contributed by atoms with Crippen LogP contribution in [0.4, 0.5) is 23.2 Å². The van der Waals surface area contributed by atoms with Crippen molar-refractivity contribution >= 4 is 17.2 Å². The molecule has 180 valence electrons. The minimum Gasteiger partial charge on any atom is -0.322 e. The van der Waals surface area contributed by atoms with Crippen LogP contribution in [0.25, 0.3) is 28.2 Å². The summed E-state index contributed by atoms with van der Waals surface area (Å²) >= 11 is 0. The summed E-state index contributed by atoms with van der Waals surface area (Å²) in [5, 5.41) is 2.41. The summed E-state index contributed by atoms with van der Waals surface area (Å²) in [5.41, 5.74) is 2.21. The molecule has 36 heavy (non-hydrogen) atoms. The molecule has 0 aliphatic rings. The van der Waals surface area contributed by atoms with Crippen molar-refractivity contribution in [1.29, 1.82) is 0 Å². The van der Waals surface area contributed by atoms with Crippen molar-refractivity contribution in [3.8, 4) is 22.5 Å². The predicted molar refractivity (Wildman–Crippen MR) is 128 cm³/mol.